The molecule has 1 fully saturated rings. The van der Waals surface area contributed by atoms with E-state index < -0.39 is 17.9 Å². The van der Waals surface area contributed by atoms with Gasteiger partial charge in [0.25, 0.3) is 0 Å². The smallest absolute Gasteiger partial charge is 0.240 e. The van der Waals surface area contributed by atoms with Crippen LogP contribution in [0.5, 0.6) is 5.75 Å². The van der Waals surface area contributed by atoms with Crippen LogP contribution in [-0.4, -0.2) is 30.9 Å². The molecule has 3 amide bonds. The molecule has 3 atom stereocenters. The van der Waals surface area contributed by atoms with Crippen LogP contribution in [0.15, 0.2) is 66.7 Å². The lowest BCUT2D eigenvalue weighted by Crippen LogP contribution is -2.45. The number of imide groups is 1. The normalized spacial score (nSPS) is 23.1. The Hall–Kier alpha value is -3.41. The number of nitrogens with one attached hydrogen (secondary N) is 1. The van der Waals surface area contributed by atoms with Gasteiger partial charge in [0.15, 0.2) is 0 Å². The second-order valence-electron chi connectivity index (χ2n) is 7.26. The first kappa shape index (κ1) is 18.9. The molecule has 0 unspecified atom stereocenters. The molecule has 6 nitrogen and oxygen atoms in total. The van der Waals surface area contributed by atoms with Gasteiger partial charge in [0, 0.05) is 0 Å². The summed E-state index contributed by atoms with van der Waals surface area (Å²) in [5.74, 6) is -1.07. The molecule has 1 aliphatic carbocycles. The van der Waals surface area contributed by atoms with E-state index in [4.69, 9.17) is 4.74 Å². The first-order valence-corrected chi connectivity index (χ1v) is 9.60. The largest absolute Gasteiger partial charge is 0.497 e. The molecule has 2 aromatic rings. The number of nitrogens with zero attached hydrogens (tertiary/aromatic N) is 1. The predicted molar refractivity (Wildman–Crippen MR) is 108 cm³/mol. The number of methoxy groups -OCH3 is 1. The standard InChI is InChI=1S/C23H22N2O4/c1-29-17-12-10-16(11-13-17)25-22(27)18-8-5-9-19(21(18)23(25)28)24-20(26)14-15-6-3-2-4-7-15/h2-7,9-13,18-19,21H,8,14H2,1H3,(H,24,26)/t18-,19+,21+/m1/s1. The number of fused-ring (bicyclic) bond motifs is 1. The zero-order valence-electron chi connectivity index (χ0n) is 16.1. The fourth-order valence-corrected chi connectivity index (χ4v) is 4.03. The van der Waals surface area contributed by atoms with E-state index in [0.717, 1.165) is 5.56 Å². The third kappa shape index (κ3) is 3.66. The minimum Gasteiger partial charge on any atom is -0.497 e. The maximum atomic E-state index is 13.1. The fraction of sp³-hybridized carbons (Fsp3) is 0.261. The number of rotatable bonds is 5. The summed E-state index contributed by atoms with van der Waals surface area (Å²) in [5, 5.41) is 2.93. The van der Waals surface area contributed by atoms with Gasteiger partial charge in [-0.2, -0.15) is 0 Å². The van der Waals surface area contributed by atoms with Crippen LogP contribution in [0, 0.1) is 11.8 Å². The van der Waals surface area contributed by atoms with Crippen molar-refractivity contribution in [2.75, 3.05) is 12.0 Å². The van der Waals surface area contributed by atoms with Crippen LogP contribution in [0.2, 0.25) is 0 Å². The predicted octanol–water partition coefficient (Wildman–Crippen LogP) is 2.49. The molecule has 0 radical (unpaired) electrons. The summed E-state index contributed by atoms with van der Waals surface area (Å²) in [5.41, 5.74) is 1.42. The Labute approximate surface area is 169 Å². The Morgan fingerprint density at radius 2 is 1.79 bits per heavy atom. The first-order valence-electron chi connectivity index (χ1n) is 9.60. The molecule has 4 rings (SSSR count). The summed E-state index contributed by atoms with van der Waals surface area (Å²) < 4.78 is 5.14. The van der Waals surface area contributed by atoms with E-state index in [1.807, 2.05) is 42.5 Å². The number of benzene rings is 2. The summed E-state index contributed by atoms with van der Waals surface area (Å²) in [6.45, 7) is 0. The van der Waals surface area contributed by atoms with Crippen molar-refractivity contribution in [1.82, 2.24) is 5.32 Å². The highest BCUT2D eigenvalue weighted by Crippen LogP contribution is 2.38. The number of carbonyl (C=O) groups is 3. The van der Waals surface area contributed by atoms with Crippen LogP contribution in [0.3, 0.4) is 0 Å². The maximum Gasteiger partial charge on any atom is 0.240 e. The van der Waals surface area contributed by atoms with Gasteiger partial charge in [-0.05, 0) is 36.2 Å². The molecule has 0 saturated carbocycles. The van der Waals surface area contributed by atoms with E-state index in [0.29, 0.717) is 17.9 Å². The summed E-state index contributed by atoms with van der Waals surface area (Å²) in [7, 11) is 1.56. The van der Waals surface area contributed by atoms with Gasteiger partial charge in [-0.15, -0.1) is 0 Å². The average Bonchev–Trinajstić information content (AvgIpc) is 3.00. The molecule has 6 heteroatoms. The lowest BCUT2D eigenvalue weighted by molar-refractivity contribution is -0.124. The molecule has 1 N–H and O–H groups in total. The Kier molecular flexibility index (Phi) is 5.16. The Bertz CT molecular complexity index is 953. The average molecular weight is 390 g/mol. The van der Waals surface area contributed by atoms with Crippen molar-refractivity contribution < 1.29 is 19.1 Å². The van der Waals surface area contributed by atoms with Crippen molar-refractivity contribution >= 4 is 23.4 Å². The highest BCUT2D eigenvalue weighted by atomic mass is 16.5. The van der Waals surface area contributed by atoms with Gasteiger partial charge in [-0.3, -0.25) is 14.4 Å². The Morgan fingerprint density at radius 3 is 2.48 bits per heavy atom. The molecule has 0 aromatic heterocycles. The van der Waals surface area contributed by atoms with E-state index in [-0.39, 0.29) is 24.1 Å². The molecular weight excluding hydrogens is 368 g/mol. The van der Waals surface area contributed by atoms with Crippen molar-refractivity contribution in [3.05, 3.63) is 72.3 Å². The molecule has 1 aliphatic heterocycles. The number of amides is 3. The van der Waals surface area contributed by atoms with E-state index in [1.165, 1.54) is 4.90 Å². The molecule has 2 aromatic carbocycles. The highest BCUT2D eigenvalue weighted by molar-refractivity contribution is 6.22. The Morgan fingerprint density at radius 1 is 1.07 bits per heavy atom. The third-order valence-corrected chi connectivity index (χ3v) is 5.46. The first-order chi connectivity index (χ1) is 14.1. The van der Waals surface area contributed by atoms with E-state index in [1.54, 1.807) is 31.4 Å². The minimum atomic E-state index is -0.589. The van der Waals surface area contributed by atoms with Crippen LogP contribution in [0.4, 0.5) is 5.69 Å². The SMILES string of the molecule is COc1ccc(N2C(=O)[C@@H]3[C@@H](NC(=O)Cc4ccccc4)C=CC[C@H]3C2=O)cc1. The monoisotopic (exact) mass is 390 g/mol. The van der Waals surface area contributed by atoms with Crippen molar-refractivity contribution in [2.24, 2.45) is 11.8 Å². The topological polar surface area (TPSA) is 75.7 Å². The van der Waals surface area contributed by atoms with Gasteiger partial charge in [-0.1, -0.05) is 42.5 Å². The second-order valence-corrected chi connectivity index (χ2v) is 7.26. The minimum absolute atomic E-state index is 0.172. The second kappa shape index (κ2) is 7.91. The number of anilines is 1. The zero-order valence-corrected chi connectivity index (χ0v) is 16.1. The van der Waals surface area contributed by atoms with Gasteiger partial charge < -0.3 is 10.1 Å². The Balaban J connectivity index is 1.52. The molecule has 0 spiro atoms. The summed E-state index contributed by atoms with van der Waals surface area (Å²) in [4.78, 5) is 39.8. The van der Waals surface area contributed by atoms with Crippen LogP contribution in [0.25, 0.3) is 0 Å². The van der Waals surface area contributed by atoms with Crippen molar-refractivity contribution in [2.45, 2.75) is 18.9 Å². The van der Waals surface area contributed by atoms with Crippen molar-refractivity contribution in [3.8, 4) is 5.75 Å². The summed E-state index contributed by atoms with van der Waals surface area (Å²) in [6, 6.07) is 15.8. The molecular formula is C23H22N2O4. The molecule has 0 bridgehead atoms. The quantitative estimate of drug-likeness (QED) is 0.629. The maximum absolute atomic E-state index is 13.1. The molecule has 29 heavy (non-hydrogen) atoms. The van der Waals surface area contributed by atoms with E-state index in [9.17, 15) is 14.4 Å². The van der Waals surface area contributed by atoms with Gasteiger partial charge in [0.05, 0.1) is 37.1 Å². The van der Waals surface area contributed by atoms with Gasteiger partial charge >= 0.3 is 0 Å². The highest BCUT2D eigenvalue weighted by Gasteiger charge is 2.52. The van der Waals surface area contributed by atoms with Gasteiger partial charge in [-0.25, -0.2) is 4.90 Å². The molecule has 1 saturated heterocycles. The lowest BCUT2D eigenvalue weighted by atomic mass is 9.81. The van der Waals surface area contributed by atoms with Crippen LogP contribution < -0.4 is 15.0 Å². The molecule has 1 heterocycles. The van der Waals surface area contributed by atoms with E-state index in [2.05, 4.69) is 5.32 Å². The summed E-state index contributed by atoms with van der Waals surface area (Å²) in [6.07, 6.45) is 4.42. The number of hydrogen-bond acceptors (Lipinski definition) is 4. The molecule has 148 valence electrons. The van der Waals surface area contributed by atoms with Gasteiger partial charge in [0.1, 0.15) is 5.75 Å². The number of allylic oxidation sites excluding steroid dienone is 1. The van der Waals surface area contributed by atoms with Crippen LogP contribution >= 0.6 is 0 Å². The number of hydrogen-bond donors (Lipinski definition) is 1. The fourth-order valence-electron chi connectivity index (χ4n) is 4.03. The summed E-state index contributed by atoms with van der Waals surface area (Å²) >= 11 is 0. The zero-order chi connectivity index (χ0) is 20.4. The number of ether oxygens (including phenoxy) is 1. The van der Waals surface area contributed by atoms with Crippen molar-refractivity contribution in [3.63, 3.8) is 0 Å². The molecule has 2 aliphatic rings. The lowest BCUT2D eigenvalue weighted by Gasteiger charge is -2.27. The van der Waals surface area contributed by atoms with Crippen molar-refractivity contribution in [1.29, 1.82) is 0 Å². The number of carbonyl (C=O) groups excluding carboxylic acids is 3. The van der Waals surface area contributed by atoms with Crippen LogP contribution in [-0.2, 0) is 20.8 Å². The third-order valence-electron chi connectivity index (χ3n) is 5.46. The van der Waals surface area contributed by atoms with Crippen LogP contribution in [0.1, 0.15) is 12.0 Å². The van der Waals surface area contributed by atoms with Gasteiger partial charge in [0.2, 0.25) is 17.7 Å². The van der Waals surface area contributed by atoms with E-state index >= 15 is 0 Å².